The van der Waals surface area contributed by atoms with Crippen molar-refractivity contribution >= 4 is 5.69 Å². The van der Waals surface area contributed by atoms with Gasteiger partial charge in [-0.25, -0.2) is 0 Å². The van der Waals surface area contributed by atoms with E-state index < -0.39 is 29.2 Å². The predicted molar refractivity (Wildman–Crippen MR) is 65.1 cm³/mol. The van der Waals surface area contributed by atoms with Gasteiger partial charge < -0.3 is 10.4 Å². The number of rotatable bonds is 4. The normalized spacial score (nSPS) is 22.9. The molecule has 1 aromatic rings. The van der Waals surface area contributed by atoms with Gasteiger partial charge in [0, 0.05) is 13.2 Å². The minimum atomic E-state index is -1.67. The number of halogens is 4. The zero-order chi connectivity index (χ0) is 14.7. The quantitative estimate of drug-likeness (QED) is 0.662. The average molecular weight is 292 g/mol. The average Bonchev–Trinajstić information content (AvgIpc) is 2.45. The van der Waals surface area contributed by atoms with Crippen molar-refractivity contribution in [1.29, 1.82) is 0 Å². The van der Waals surface area contributed by atoms with Crippen molar-refractivity contribution in [2.75, 3.05) is 18.5 Å². The molecule has 0 radical (unpaired) electrons. The molecule has 0 spiro atoms. The zero-order valence-electron chi connectivity index (χ0n) is 10.8. The van der Waals surface area contributed by atoms with E-state index >= 15 is 0 Å². The van der Waals surface area contributed by atoms with Crippen LogP contribution in [0.4, 0.5) is 23.2 Å². The lowest BCUT2D eigenvalue weighted by atomic mass is 9.79. The van der Waals surface area contributed by atoms with Crippen LogP contribution in [0.1, 0.15) is 25.7 Å². The molecule has 2 atom stereocenters. The van der Waals surface area contributed by atoms with E-state index in [0.29, 0.717) is 0 Å². The molecule has 0 aliphatic heterocycles. The van der Waals surface area contributed by atoms with E-state index in [2.05, 4.69) is 10.3 Å². The number of hydrogen-bond acceptors (Lipinski definition) is 3. The second-order valence-electron chi connectivity index (χ2n) is 5.06. The van der Waals surface area contributed by atoms with Crippen molar-refractivity contribution in [3.63, 3.8) is 0 Å². The summed E-state index contributed by atoms with van der Waals surface area (Å²) in [5.74, 6) is -6.34. The van der Waals surface area contributed by atoms with Crippen LogP contribution in [-0.4, -0.2) is 23.2 Å². The molecule has 20 heavy (non-hydrogen) atoms. The number of pyridine rings is 1. The van der Waals surface area contributed by atoms with Gasteiger partial charge in [-0.1, -0.05) is 12.8 Å². The summed E-state index contributed by atoms with van der Waals surface area (Å²) in [6, 6.07) is 0. The Balaban J connectivity index is 2.10. The van der Waals surface area contributed by atoms with Gasteiger partial charge in [0.25, 0.3) is 11.9 Å². The Hall–Kier alpha value is -1.37. The van der Waals surface area contributed by atoms with Gasteiger partial charge in [-0.3, -0.25) is 0 Å². The smallest absolute Gasteiger partial charge is 0.253 e. The maximum absolute atomic E-state index is 13.4. The summed E-state index contributed by atoms with van der Waals surface area (Å²) in [6.45, 7) is 0.151. The number of hydrogen-bond donors (Lipinski definition) is 2. The molecular formula is C13H16F4N2O. The fourth-order valence-electron chi connectivity index (χ4n) is 2.67. The molecule has 0 aromatic carbocycles. The standard InChI is InChI=1S/C13H16F4N2O/c14-9-11(10(15)13(17)19-12(9)16)18-5-7-3-1-2-4-8(7)6-20/h7-8,20H,1-6H2,(H,18,19). The van der Waals surface area contributed by atoms with Gasteiger partial charge in [-0.05, 0) is 24.7 Å². The van der Waals surface area contributed by atoms with Gasteiger partial charge in [0.1, 0.15) is 5.69 Å². The first-order valence-electron chi connectivity index (χ1n) is 6.59. The molecule has 3 nitrogen and oxygen atoms in total. The van der Waals surface area contributed by atoms with Gasteiger partial charge in [0.15, 0.2) is 0 Å². The Kier molecular flexibility index (Phi) is 4.80. The summed E-state index contributed by atoms with van der Waals surface area (Å²) in [6.07, 6.45) is 3.61. The summed E-state index contributed by atoms with van der Waals surface area (Å²) in [5.41, 5.74) is -0.836. The molecule has 2 unspecified atom stereocenters. The highest BCUT2D eigenvalue weighted by Gasteiger charge is 2.26. The van der Waals surface area contributed by atoms with Crippen molar-refractivity contribution in [2.24, 2.45) is 11.8 Å². The van der Waals surface area contributed by atoms with Crippen molar-refractivity contribution in [2.45, 2.75) is 25.7 Å². The summed E-state index contributed by atoms with van der Waals surface area (Å²) in [4.78, 5) is 2.50. The van der Waals surface area contributed by atoms with E-state index in [9.17, 15) is 22.7 Å². The summed E-state index contributed by atoms with van der Waals surface area (Å²) in [7, 11) is 0. The molecule has 0 bridgehead atoms. The highest BCUT2D eigenvalue weighted by Crippen LogP contribution is 2.31. The first-order valence-corrected chi connectivity index (χ1v) is 6.59. The highest BCUT2D eigenvalue weighted by atomic mass is 19.2. The molecule has 2 rings (SSSR count). The van der Waals surface area contributed by atoms with Crippen LogP contribution in [0, 0.1) is 35.4 Å². The Bertz CT molecular complexity index is 458. The largest absolute Gasteiger partial charge is 0.396 e. The first-order chi connectivity index (χ1) is 9.54. The van der Waals surface area contributed by atoms with Gasteiger partial charge in [-0.15, -0.1) is 0 Å². The van der Waals surface area contributed by atoms with Crippen LogP contribution in [-0.2, 0) is 0 Å². The third-order valence-corrected chi connectivity index (χ3v) is 3.84. The molecule has 1 aliphatic carbocycles. The van der Waals surface area contributed by atoms with Crippen LogP contribution in [0.25, 0.3) is 0 Å². The van der Waals surface area contributed by atoms with E-state index in [-0.39, 0.29) is 25.0 Å². The second-order valence-corrected chi connectivity index (χ2v) is 5.06. The van der Waals surface area contributed by atoms with E-state index in [1.165, 1.54) is 0 Å². The summed E-state index contributed by atoms with van der Waals surface area (Å²) >= 11 is 0. The lowest BCUT2D eigenvalue weighted by molar-refractivity contribution is 0.141. The fraction of sp³-hybridized carbons (Fsp3) is 0.615. The number of nitrogens with one attached hydrogen (secondary N) is 1. The maximum atomic E-state index is 13.4. The van der Waals surface area contributed by atoms with E-state index in [1.807, 2.05) is 0 Å². The zero-order valence-corrected chi connectivity index (χ0v) is 10.8. The topological polar surface area (TPSA) is 45.1 Å². The monoisotopic (exact) mass is 292 g/mol. The molecule has 1 fully saturated rings. The number of nitrogens with zero attached hydrogens (tertiary/aromatic N) is 1. The first kappa shape index (κ1) is 15.0. The number of aromatic nitrogens is 1. The maximum Gasteiger partial charge on any atom is 0.253 e. The van der Waals surface area contributed by atoms with Crippen molar-refractivity contribution in [3.05, 3.63) is 23.5 Å². The molecular weight excluding hydrogens is 276 g/mol. The number of aliphatic hydroxyl groups excluding tert-OH is 1. The Morgan fingerprint density at radius 3 is 2.10 bits per heavy atom. The third kappa shape index (κ3) is 3.03. The van der Waals surface area contributed by atoms with Crippen LogP contribution in [0.3, 0.4) is 0 Å². The predicted octanol–water partition coefficient (Wildman–Crippen LogP) is 2.85. The Labute approximate surface area is 114 Å². The fourth-order valence-corrected chi connectivity index (χ4v) is 2.67. The van der Waals surface area contributed by atoms with E-state index in [4.69, 9.17) is 0 Å². The van der Waals surface area contributed by atoms with Crippen molar-refractivity contribution < 1.29 is 22.7 Å². The van der Waals surface area contributed by atoms with Crippen LogP contribution in [0.2, 0.25) is 0 Å². The molecule has 112 valence electrons. The van der Waals surface area contributed by atoms with Crippen LogP contribution in [0.5, 0.6) is 0 Å². The Morgan fingerprint density at radius 1 is 1.00 bits per heavy atom. The second kappa shape index (κ2) is 6.39. The molecule has 0 saturated heterocycles. The van der Waals surface area contributed by atoms with E-state index in [1.54, 1.807) is 0 Å². The molecule has 1 saturated carbocycles. The number of aliphatic hydroxyl groups is 1. The van der Waals surface area contributed by atoms with Gasteiger partial charge in [-0.2, -0.15) is 22.5 Å². The van der Waals surface area contributed by atoms with Gasteiger partial charge in [0.05, 0.1) is 0 Å². The molecule has 0 amide bonds. The van der Waals surface area contributed by atoms with Crippen LogP contribution < -0.4 is 5.32 Å². The molecule has 1 heterocycles. The highest BCUT2D eigenvalue weighted by molar-refractivity contribution is 5.45. The van der Waals surface area contributed by atoms with E-state index in [0.717, 1.165) is 25.7 Å². The minimum Gasteiger partial charge on any atom is -0.396 e. The SMILES string of the molecule is OCC1CCCCC1CNc1c(F)c(F)nc(F)c1F. The van der Waals surface area contributed by atoms with Crippen LogP contribution in [0.15, 0.2) is 0 Å². The van der Waals surface area contributed by atoms with Gasteiger partial charge in [0.2, 0.25) is 11.6 Å². The summed E-state index contributed by atoms with van der Waals surface area (Å²) < 4.78 is 52.8. The molecule has 1 aromatic heterocycles. The lowest BCUT2D eigenvalue weighted by Crippen LogP contribution is -2.29. The molecule has 2 N–H and O–H groups in total. The minimum absolute atomic E-state index is 0.00359. The lowest BCUT2D eigenvalue weighted by Gasteiger charge is -2.30. The Morgan fingerprint density at radius 2 is 1.55 bits per heavy atom. The third-order valence-electron chi connectivity index (χ3n) is 3.84. The molecule has 7 heteroatoms. The van der Waals surface area contributed by atoms with Crippen LogP contribution >= 0.6 is 0 Å². The van der Waals surface area contributed by atoms with Crippen molar-refractivity contribution in [3.8, 4) is 0 Å². The van der Waals surface area contributed by atoms with Gasteiger partial charge >= 0.3 is 0 Å². The molecule has 1 aliphatic rings. The number of anilines is 1. The summed E-state index contributed by atoms with van der Waals surface area (Å²) in [5, 5.41) is 11.7. The van der Waals surface area contributed by atoms with Crippen molar-refractivity contribution in [1.82, 2.24) is 4.98 Å².